The Balaban J connectivity index is 1.73. The summed E-state index contributed by atoms with van der Waals surface area (Å²) < 4.78 is 0. The number of nitrogens with zero attached hydrogens (tertiary/aromatic N) is 3. The average molecular weight is 365 g/mol. The van der Waals surface area contributed by atoms with Crippen LogP contribution < -0.4 is 0 Å². The molecule has 27 heavy (non-hydrogen) atoms. The van der Waals surface area contributed by atoms with Crippen molar-refractivity contribution in [2.75, 3.05) is 19.6 Å². The summed E-state index contributed by atoms with van der Waals surface area (Å²) in [5.74, 6) is 0.507. The summed E-state index contributed by atoms with van der Waals surface area (Å²) in [7, 11) is 0. The van der Waals surface area contributed by atoms with Gasteiger partial charge in [-0.25, -0.2) is 0 Å². The lowest BCUT2D eigenvalue weighted by atomic mass is 9.98. The molecule has 3 rings (SSSR count). The molecule has 0 aliphatic carbocycles. The Morgan fingerprint density at radius 1 is 1.15 bits per heavy atom. The van der Waals surface area contributed by atoms with Gasteiger partial charge >= 0.3 is 0 Å². The molecule has 1 aliphatic heterocycles. The summed E-state index contributed by atoms with van der Waals surface area (Å²) >= 11 is 0. The molecule has 1 aromatic carbocycles. The molecule has 0 saturated carbocycles. The van der Waals surface area contributed by atoms with Gasteiger partial charge in [0.2, 0.25) is 0 Å². The largest absolute Gasteiger partial charge is 0.339 e. The number of hydrogen-bond acceptors (Lipinski definition) is 3. The molecule has 1 aliphatic rings. The summed E-state index contributed by atoms with van der Waals surface area (Å²) in [5, 5.41) is 0. The fourth-order valence-electron chi connectivity index (χ4n) is 3.37. The van der Waals surface area contributed by atoms with Crippen LogP contribution in [-0.2, 0) is 6.54 Å². The highest BCUT2D eigenvalue weighted by atomic mass is 16.2. The second kappa shape index (κ2) is 8.80. The van der Waals surface area contributed by atoms with Gasteiger partial charge in [0.05, 0.1) is 0 Å². The van der Waals surface area contributed by atoms with E-state index in [9.17, 15) is 9.59 Å². The molecule has 2 aromatic rings. The maximum atomic E-state index is 12.9. The van der Waals surface area contributed by atoms with Gasteiger partial charge in [0.15, 0.2) is 0 Å². The molecule has 0 N–H and O–H groups in total. The van der Waals surface area contributed by atoms with E-state index in [1.165, 1.54) is 0 Å². The molecule has 0 spiro atoms. The van der Waals surface area contributed by atoms with E-state index in [1.54, 1.807) is 23.2 Å². The molecule has 0 bridgehead atoms. The van der Waals surface area contributed by atoms with Crippen LogP contribution in [0.4, 0.5) is 0 Å². The quantitative estimate of drug-likeness (QED) is 0.813. The first-order chi connectivity index (χ1) is 13.1. The molecule has 5 nitrogen and oxygen atoms in total. The number of carbonyl (C=O) groups is 2. The highest BCUT2D eigenvalue weighted by Gasteiger charge is 2.23. The summed E-state index contributed by atoms with van der Waals surface area (Å²) in [6.07, 6.45) is 3.62. The lowest BCUT2D eigenvalue weighted by Gasteiger charge is -2.30. The fraction of sp³-hybridized carbons (Fsp3) is 0.409. The third-order valence-corrected chi connectivity index (χ3v) is 5.18. The number of benzene rings is 1. The monoisotopic (exact) mass is 365 g/mol. The van der Waals surface area contributed by atoms with Crippen LogP contribution in [-0.4, -0.2) is 46.2 Å². The zero-order chi connectivity index (χ0) is 19.2. The first-order valence-corrected chi connectivity index (χ1v) is 9.67. The molecule has 0 atom stereocenters. The van der Waals surface area contributed by atoms with Gasteiger partial charge < -0.3 is 9.80 Å². The molecular formula is C22H27N3O2. The Kier molecular flexibility index (Phi) is 6.22. The SMILES string of the molecule is CCN(Cc1ccccc1)C(=O)c1cc(C(=O)N2CCC(C)CC2)ccn1. The van der Waals surface area contributed by atoms with E-state index in [2.05, 4.69) is 11.9 Å². The van der Waals surface area contributed by atoms with Gasteiger partial charge in [-0.2, -0.15) is 0 Å². The van der Waals surface area contributed by atoms with E-state index < -0.39 is 0 Å². The van der Waals surface area contributed by atoms with Crippen molar-refractivity contribution in [3.05, 3.63) is 65.5 Å². The van der Waals surface area contributed by atoms with Crippen molar-refractivity contribution in [3.63, 3.8) is 0 Å². The minimum atomic E-state index is -0.150. The molecule has 1 fully saturated rings. The van der Waals surface area contributed by atoms with Crippen molar-refractivity contribution < 1.29 is 9.59 Å². The molecule has 2 amide bonds. The van der Waals surface area contributed by atoms with Gasteiger partial charge in [-0.3, -0.25) is 14.6 Å². The van der Waals surface area contributed by atoms with Crippen molar-refractivity contribution >= 4 is 11.8 Å². The van der Waals surface area contributed by atoms with E-state index in [0.29, 0.717) is 30.3 Å². The maximum Gasteiger partial charge on any atom is 0.272 e. The number of pyridine rings is 1. The van der Waals surface area contributed by atoms with E-state index in [4.69, 9.17) is 0 Å². The van der Waals surface area contributed by atoms with Crippen molar-refractivity contribution in [3.8, 4) is 0 Å². The third-order valence-electron chi connectivity index (χ3n) is 5.18. The van der Waals surface area contributed by atoms with Crippen molar-refractivity contribution in [2.45, 2.75) is 33.2 Å². The predicted molar refractivity (Wildman–Crippen MR) is 105 cm³/mol. The highest BCUT2D eigenvalue weighted by Crippen LogP contribution is 2.18. The number of aromatic nitrogens is 1. The molecule has 2 heterocycles. The Morgan fingerprint density at radius 3 is 2.52 bits per heavy atom. The summed E-state index contributed by atoms with van der Waals surface area (Å²) in [6, 6.07) is 13.2. The lowest BCUT2D eigenvalue weighted by molar-refractivity contribution is 0.0697. The van der Waals surface area contributed by atoms with Gasteiger partial charge in [-0.1, -0.05) is 37.3 Å². The van der Waals surface area contributed by atoms with Crippen LogP contribution in [0.1, 0.15) is 53.1 Å². The second-order valence-electron chi connectivity index (χ2n) is 7.21. The summed E-state index contributed by atoms with van der Waals surface area (Å²) in [6.45, 7) is 6.83. The van der Waals surface area contributed by atoms with E-state index in [-0.39, 0.29) is 11.8 Å². The maximum absolute atomic E-state index is 12.9. The second-order valence-corrected chi connectivity index (χ2v) is 7.21. The van der Waals surface area contributed by atoms with Gasteiger partial charge in [-0.15, -0.1) is 0 Å². The summed E-state index contributed by atoms with van der Waals surface area (Å²) in [5.41, 5.74) is 1.94. The first-order valence-electron chi connectivity index (χ1n) is 9.67. The van der Waals surface area contributed by atoms with Crippen LogP contribution in [0.3, 0.4) is 0 Å². The van der Waals surface area contributed by atoms with Crippen LogP contribution in [0.2, 0.25) is 0 Å². The summed E-state index contributed by atoms with van der Waals surface area (Å²) in [4.78, 5) is 33.5. The fourth-order valence-corrected chi connectivity index (χ4v) is 3.37. The average Bonchev–Trinajstić information content (AvgIpc) is 2.72. The first kappa shape index (κ1) is 19.1. The van der Waals surface area contributed by atoms with Crippen LogP contribution in [0.25, 0.3) is 0 Å². The number of amides is 2. The Labute approximate surface area is 161 Å². The van der Waals surface area contributed by atoms with Crippen LogP contribution in [0.5, 0.6) is 0 Å². The molecule has 5 heteroatoms. The van der Waals surface area contributed by atoms with Crippen molar-refractivity contribution in [1.29, 1.82) is 0 Å². The van der Waals surface area contributed by atoms with Gasteiger partial charge in [0.25, 0.3) is 11.8 Å². The minimum absolute atomic E-state index is 0.00976. The zero-order valence-corrected chi connectivity index (χ0v) is 16.1. The topological polar surface area (TPSA) is 53.5 Å². The minimum Gasteiger partial charge on any atom is -0.339 e. The van der Waals surface area contributed by atoms with E-state index >= 15 is 0 Å². The Hall–Kier alpha value is -2.69. The van der Waals surface area contributed by atoms with E-state index in [0.717, 1.165) is 31.5 Å². The third kappa shape index (κ3) is 4.73. The standard InChI is InChI=1S/C22H27N3O2/c1-3-24(16-18-7-5-4-6-8-18)22(27)20-15-19(9-12-23-20)21(26)25-13-10-17(2)11-14-25/h4-9,12,15,17H,3,10-11,13-14,16H2,1-2H3. The Morgan fingerprint density at radius 2 is 1.85 bits per heavy atom. The van der Waals surface area contributed by atoms with E-state index in [1.807, 2.05) is 42.2 Å². The van der Waals surface area contributed by atoms with Gasteiger partial charge in [0.1, 0.15) is 5.69 Å². The van der Waals surface area contributed by atoms with Gasteiger partial charge in [0, 0.05) is 37.9 Å². The van der Waals surface area contributed by atoms with Crippen LogP contribution in [0.15, 0.2) is 48.7 Å². The van der Waals surface area contributed by atoms with Crippen molar-refractivity contribution in [2.24, 2.45) is 5.92 Å². The normalized spacial score (nSPS) is 14.8. The van der Waals surface area contributed by atoms with Gasteiger partial charge in [-0.05, 0) is 43.4 Å². The highest BCUT2D eigenvalue weighted by molar-refractivity contribution is 5.98. The number of likely N-dealkylation sites (tertiary alicyclic amines) is 1. The predicted octanol–water partition coefficient (Wildman–Crippen LogP) is 3.62. The number of rotatable bonds is 5. The smallest absolute Gasteiger partial charge is 0.272 e. The number of hydrogen-bond donors (Lipinski definition) is 0. The lowest BCUT2D eigenvalue weighted by Crippen LogP contribution is -2.38. The molecule has 142 valence electrons. The number of carbonyl (C=O) groups excluding carboxylic acids is 2. The van der Waals surface area contributed by atoms with Crippen molar-refractivity contribution in [1.82, 2.24) is 14.8 Å². The molecular weight excluding hydrogens is 338 g/mol. The van der Waals surface area contributed by atoms with Crippen LogP contribution >= 0.6 is 0 Å². The molecule has 0 unspecified atom stereocenters. The zero-order valence-electron chi connectivity index (χ0n) is 16.1. The molecule has 1 saturated heterocycles. The molecule has 1 aromatic heterocycles. The molecule has 0 radical (unpaired) electrons. The van der Waals surface area contributed by atoms with Crippen LogP contribution in [0, 0.1) is 5.92 Å². The Bertz CT molecular complexity index is 783. The number of piperidine rings is 1.